The van der Waals surface area contributed by atoms with Gasteiger partial charge in [-0.2, -0.15) is 0 Å². The van der Waals surface area contributed by atoms with E-state index < -0.39 is 0 Å². The summed E-state index contributed by atoms with van der Waals surface area (Å²) in [6.45, 7) is 8.89. The third kappa shape index (κ3) is 5.94. The summed E-state index contributed by atoms with van der Waals surface area (Å²) in [6, 6.07) is 0.289. The molecule has 0 aliphatic carbocycles. The van der Waals surface area contributed by atoms with E-state index in [1.807, 2.05) is 0 Å². The lowest BCUT2D eigenvalue weighted by Gasteiger charge is -2.25. The first kappa shape index (κ1) is 15.8. The minimum absolute atomic E-state index is 0.150. The topological polar surface area (TPSA) is 65.5 Å². The van der Waals surface area contributed by atoms with Gasteiger partial charge in [-0.3, -0.25) is 9.79 Å². The first-order chi connectivity index (χ1) is 9.19. The van der Waals surface area contributed by atoms with Crippen LogP contribution in [-0.4, -0.2) is 37.5 Å². The van der Waals surface area contributed by atoms with E-state index in [9.17, 15) is 4.79 Å². The minimum Gasteiger partial charge on any atom is -0.357 e. The van der Waals surface area contributed by atoms with Gasteiger partial charge in [-0.15, -0.1) is 0 Å². The summed E-state index contributed by atoms with van der Waals surface area (Å²) in [5.74, 6) is 1.68. The van der Waals surface area contributed by atoms with Gasteiger partial charge < -0.3 is 16.0 Å². The first-order valence-electron chi connectivity index (χ1n) is 7.51. The summed E-state index contributed by atoms with van der Waals surface area (Å²) in [5.41, 5.74) is 0. The lowest BCUT2D eigenvalue weighted by atomic mass is 10.0. The van der Waals surface area contributed by atoms with Crippen LogP contribution in [0.15, 0.2) is 4.99 Å². The average molecular weight is 268 g/mol. The van der Waals surface area contributed by atoms with Crippen molar-refractivity contribution in [2.75, 3.05) is 19.6 Å². The molecule has 1 aliphatic rings. The standard InChI is InChI=1S/C14H28N4O/c1-4-11(5-2)9-17-14(15-6-3)18-12-7-8-13(19)16-10-12/h11-12H,4-10H2,1-3H3,(H,16,19)(H2,15,17,18). The van der Waals surface area contributed by atoms with Crippen LogP contribution in [0, 0.1) is 5.92 Å². The third-order valence-electron chi connectivity index (χ3n) is 3.61. The van der Waals surface area contributed by atoms with Crippen molar-refractivity contribution in [2.45, 2.75) is 52.5 Å². The van der Waals surface area contributed by atoms with E-state index in [1.54, 1.807) is 0 Å². The maximum Gasteiger partial charge on any atom is 0.220 e. The van der Waals surface area contributed by atoms with Crippen molar-refractivity contribution in [3.05, 3.63) is 0 Å². The molecule has 0 aromatic carbocycles. The summed E-state index contributed by atoms with van der Waals surface area (Å²) >= 11 is 0. The van der Waals surface area contributed by atoms with Crippen LogP contribution < -0.4 is 16.0 Å². The summed E-state index contributed by atoms with van der Waals surface area (Å²) < 4.78 is 0. The Bertz CT molecular complexity index is 290. The second kappa shape index (κ2) is 8.77. The normalized spacial score (nSPS) is 20.3. The zero-order chi connectivity index (χ0) is 14.1. The summed E-state index contributed by atoms with van der Waals surface area (Å²) in [7, 11) is 0. The zero-order valence-corrected chi connectivity index (χ0v) is 12.5. The number of hydrogen-bond acceptors (Lipinski definition) is 2. The van der Waals surface area contributed by atoms with Gasteiger partial charge in [0, 0.05) is 32.1 Å². The van der Waals surface area contributed by atoms with Crippen LogP contribution in [0.1, 0.15) is 46.5 Å². The van der Waals surface area contributed by atoms with Crippen LogP contribution in [0.4, 0.5) is 0 Å². The van der Waals surface area contributed by atoms with Crippen LogP contribution in [0.3, 0.4) is 0 Å². The molecule has 5 nitrogen and oxygen atoms in total. The fraction of sp³-hybridized carbons (Fsp3) is 0.857. The summed E-state index contributed by atoms with van der Waals surface area (Å²) in [6.07, 6.45) is 3.81. The summed E-state index contributed by atoms with van der Waals surface area (Å²) in [5, 5.41) is 9.56. The lowest BCUT2D eigenvalue weighted by molar-refractivity contribution is -0.122. The minimum atomic E-state index is 0.150. The van der Waals surface area contributed by atoms with Crippen molar-refractivity contribution < 1.29 is 4.79 Å². The number of nitrogens with one attached hydrogen (secondary N) is 3. The van der Waals surface area contributed by atoms with Crippen molar-refractivity contribution in [3.63, 3.8) is 0 Å². The lowest BCUT2D eigenvalue weighted by Crippen LogP contribution is -2.51. The fourth-order valence-electron chi connectivity index (χ4n) is 2.14. The Morgan fingerprint density at radius 3 is 2.68 bits per heavy atom. The highest BCUT2D eigenvalue weighted by Gasteiger charge is 2.18. The molecule has 1 heterocycles. The number of carbonyl (C=O) groups excluding carboxylic acids is 1. The van der Waals surface area contributed by atoms with E-state index in [2.05, 4.69) is 41.7 Å². The molecule has 1 aliphatic heterocycles. The van der Waals surface area contributed by atoms with E-state index in [0.29, 0.717) is 18.9 Å². The zero-order valence-electron chi connectivity index (χ0n) is 12.5. The van der Waals surface area contributed by atoms with Crippen molar-refractivity contribution in [3.8, 4) is 0 Å². The van der Waals surface area contributed by atoms with E-state index in [1.165, 1.54) is 12.8 Å². The number of nitrogens with zero attached hydrogens (tertiary/aromatic N) is 1. The monoisotopic (exact) mass is 268 g/mol. The van der Waals surface area contributed by atoms with Crippen molar-refractivity contribution in [2.24, 2.45) is 10.9 Å². The first-order valence-corrected chi connectivity index (χ1v) is 7.51. The largest absolute Gasteiger partial charge is 0.357 e. The van der Waals surface area contributed by atoms with Gasteiger partial charge in [0.15, 0.2) is 5.96 Å². The number of carbonyl (C=O) groups is 1. The molecule has 1 amide bonds. The van der Waals surface area contributed by atoms with Gasteiger partial charge in [0.25, 0.3) is 0 Å². The van der Waals surface area contributed by atoms with Crippen molar-refractivity contribution in [1.29, 1.82) is 0 Å². The molecule has 1 rings (SSSR count). The van der Waals surface area contributed by atoms with Crippen LogP contribution in [0.5, 0.6) is 0 Å². The number of amides is 1. The Labute approximate surface area is 116 Å². The second-order valence-corrected chi connectivity index (χ2v) is 5.09. The molecule has 1 atom stereocenters. The highest BCUT2D eigenvalue weighted by atomic mass is 16.1. The molecular weight excluding hydrogens is 240 g/mol. The molecular formula is C14H28N4O. The smallest absolute Gasteiger partial charge is 0.220 e. The molecule has 5 heteroatoms. The predicted molar refractivity (Wildman–Crippen MR) is 79.2 cm³/mol. The maximum atomic E-state index is 11.1. The number of aliphatic imine (C=N–C) groups is 1. The van der Waals surface area contributed by atoms with Gasteiger partial charge in [0.05, 0.1) is 0 Å². The molecule has 0 aromatic heterocycles. The molecule has 0 radical (unpaired) electrons. The Morgan fingerprint density at radius 1 is 1.42 bits per heavy atom. The SMILES string of the molecule is CCNC(=NCC(CC)CC)NC1CCC(=O)NC1. The Hall–Kier alpha value is -1.26. The Balaban J connectivity index is 2.46. The van der Waals surface area contributed by atoms with Gasteiger partial charge in [-0.1, -0.05) is 26.7 Å². The highest BCUT2D eigenvalue weighted by Crippen LogP contribution is 2.07. The van der Waals surface area contributed by atoms with E-state index in [-0.39, 0.29) is 11.9 Å². The van der Waals surface area contributed by atoms with Gasteiger partial charge in [0.1, 0.15) is 0 Å². The van der Waals surface area contributed by atoms with Crippen LogP contribution in [0.25, 0.3) is 0 Å². The number of guanidine groups is 1. The predicted octanol–water partition coefficient (Wildman–Crippen LogP) is 1.26. The van der Waals surface area contributed by atoms with Gasteiger partial charge >= 0.3 is 0 Å². The molecule has 1 fully saturated rings. The van der Waals surface area contributed by atoms with Gasteiger partial charge in [0.2, 0.25) is 5.91 Å². The third-order valence-corrected chi connectivity index (χ3v) is 3.61. The fourth-order valence-corrected chi connectivity index (χ4v) is 2.14. The summed E-state index contributed by atoms with van der Waals surface area (Å²) in [4.78, 5) is 15.8. The highest BCUT2D eigenvalue weighted by molar-refractivity contribution is 5.81. The average Bonchev–Trinajstić information content (AvgIpc) is 2.42. The van der Waals surface area contributed by atoms with Crippen molar-refractivity contribution >= 4 is 11.9 Å². The molecule has 0 aromatic rings. The molecule has 0 bridgehead atoms. The molecule has 1 saturated heterocycles. The molecule has 110 valence electrons. The molecule has 1 unspecified atom stereocenters. The number of piperidine rings is 1. The molecule has 0 saturated carbocycles. The number of hydrogen-bond donors (Lipinski definition) is 3. The van der Waals surface area contributed by atoms with Gasteiger partial charge in [-0.25, -0.2) is 0 Å². The quantitative estimate of drug-likeness (QED) is 0.502. The molecule has 3 N–H and O–H groups in total. The van der Waals surface area contributed by atoms with E-state index >= 15 is 0 Å². The van der Waals surface area contributed by atoms with Gasteiger partial charge in [-0.05, 0) is 19.3 Å². The van der Waals surface area contributed by atoms with Crippen LogP contribution in [-0.2, 0) is 4.79 Å². The second-order valence-electron chi connectivity index (χ2n) is 5.09. The van der Waals surface area contributed by atoms with E-state index in [0.717, 1.165) is 25.5 Å². The maximum absolute atomic E-state index is 11.1. The van der Waals surface area contributed by atoms with Crippen molar-refractivity contribution in [1.82, 2.24) is 16.0 Å². The van der Waals surface area contributed by atoms with E-state index in [4.69, 9.17) is 0 Å². The molecule has 19 heavy (non-hydrogen) atoms. The van der Waals surface area contributed by atoms with Crippen LogP contribution in [0.2, 0.25) is 0 Å². The molecule has 0 spiro atoms. The number of rotatable bonds is 6. The van der Waals surface area contributed by atoms with Crippen LogP contribution >= 0.6 is 0 Å². The Kier molecular flexibility index (Phi) is 7.30. The Morgan fingerprint density at radius 2 is 2.16 bits per heavy atom.